The summed E-state index contributed by atoms with van der Waals surface area (Å²) in [6.45, 7) is 0. The fourth-order valence-electron chi connectivity index (χ4n) is 0. The van der Waals surface area contributed by atoms with Crippen molar-refractivity contribution in [2.24, 2.45) is 0 Å². The zero-order valence-corrected chi connectivity index (χ0v) is 8.12. The Morgan fingerprint density at radius 3 is 1.25 bits per heavy atom. The van der Waals surface area contributed by atoms with Crippen LogP contribution in [-0.2, 0) is 0 Å². The van der Waals surface area contributed by atoms with Crippen molar-refractivity contribution in [3.05, 3.63) is 0 Å². The minimum Gasteiger partial charge on any atom is -1.00 e. The third kappa shape index (κ3) is 9.23. The Hall–Kier alpha value is 3.77. The number of hydrogen-bond donors (Lipinski definition) is 0. The van der Waals surface area contributed by atoms with Gasteiger partial charge in [0.2, 0.25) is 0 Å². The molecule has 4 heavy (non-hydrogen) atoms. The summed E-state index contributed by atoms with van der Waals surface area (Å²) in [5.74, 6) is 0. The van der Waals surface area contributed by atoms with E-state index in [0.717, 1.165) is 0 Å². The van der Waals surface area contributed by atoms with Crippen molar-refractivity contribution in [1.82, 2.24) is 0 Å². The molecule has 0 atom stereocenters. The van der Waals surface area contributed by atoms with Crippen LogP contribution in [0.4, 0.5) is 0 Å². The molecule has 0 rings (SSSR count). The van der Waals surface area contributed by atoms with E-state index in [9.17, 15) is 0 Å². The van der Waals surface area contributed by atoms with E-state index in [4.69, 9.17) is 0 Å². The molecule has 0 amide bonds. The Balaban J connectivity index is 0. The van der Waals surface area contributed by atoms with Gasteiger partial charge in [-0.3, -0.25) is 0 Å². The summed E-state index contributed by atoms with van der Waals surface area (Å²) in [6, 6.07) is 0. The first-order valence-corrected chi connectivity index (χ1v) is 0. The average Bonchev–Trinajstić information content (AvgIpc) is 0. The van der Waals surface area contributed by atoms with E-state index in [1.165, 1.54) is 0 Å². The molecule has 0 nitrogen and oxygen atoms in total. The second-order valence-corrected chi connectivity index (χ2v) is 0. The Bertz CT molecular complexity index is 14.9. The van der Waals surface area contributed by atoms with Crippen LogP contribution in [0.1, 0.15) is 4.28 Å². The molecule has 0 heterocycles. The van der Waals surface area contributed by atoms with Crippen molar-refractivity contribution in [1.29, 1.82) is 0 Å². The fourth-order valence-corrected chi connectivity index (χ4v) is 0. The van der Waals surface area contributed by atoms with Crippen molar-refractivity contribution in [3.63, 3.8) is 0 Å². The molecule has 0 aromatic carbocycles. The van der Waals surface area contributed by atoms with Gasteiger partial charge in [0.1, 0.15) is 0 Å². The zero-order chi connectivity index (χ0) is 0. The molecule has 0 N–H and O–H groups in total. The van der Waals surface area contributed by atoms with Gasteiger partial charge in [-0.2, -0.15) is 0 Å². The fraction of sp³-hybridized carbons (Fsp3) is 0. The first-order chi connectivity index (χ1) is 0. The first-order valence-electron chi connectivity index (χ1n) is 0. The second-order valence-electron chi connectivity index (χ2n) is 0. The Labute approximate surface area is 118 Å². The average molecular weight is 102 g/mol. The molecule has 0 aromatic rings. The standard InChI is InChI=1S/Al.K.Li.Na.6H/q;3*+1;;;;3*-1. The molecule has 0 saturated heterocycles. The number of hydrogen-bond acceptors (Lipinski definition) is 0. The van der Waals surface area contributed by atoms with Gasteiger partial charge in [-0.15, -0.1) is 0 Å². The smallest absolute Gasteiger partial charge is 1.00 e. The molecule has 12 valence electrons. The van der Waals surface area contributed by atoms with Gasteiger partial charge in [-0.25, -0.2) is 0 Å². The van der Waals surface area contributed by atoms with Crippen LogP contribution in [0, 0.1) is 0 Å². The van der Waals surface area contributed by atoms with E-state index in [0.29, 0.717) is 0 Å². The molecular weight excluding hydrogens is 96.0 g/mol. The maximum absolute atomic E-state index is 0. The van der Waals surface area contributed by atoms with Gasteiger partial charge in [0.05, 0.1) is 0 Å². The van der Waals surface area contributed by atoms with Crippen molar-refractivity contribution < 1.29 is 104 Å². The molecule has 4 heteroatoms. The molecule has 0 aliphatic carbocycles. The number of rotatable bonds is 0. The Kier molecular flexibility index (Phi) is 99.4. The largest absolute Gasteiger partial charge is 1.00 e. The topological polar surface area (TPSA) is 0 Å². The molecule has 0 aliphatic heterocycles. The van der Waals surface area contributed by atoms with Crippen LogP contribution in [0.5, 0.6) is 0 Å². The van der Waals surface area contributed by atoms with Crippen molar-refractivity contribution in [2.45, 2.75) is 0 Å². The molecule has 0 bridgehead atoms. The van der Waals surface area contributed by atoms with Crippen molar-refractivity contribution in [2.75, 3.05) is 0 Å². The molecule has 0 radical (unpaired) electrons. The van der Waals surface area contributed by atoms with E-state index >= 15 is 0 Å². The minimum atomic E-state index is 0. The molecule has 0 fully saturated rings. The van der Waals surface area contributed by atoms with Crippen LogP contribution in [0.2, 0.25) is 0 Å². The normalized spacial score (nSPS) is 0. The van der Waals surface area contributed by atoms with Gasteiger partial charge in [0.25, 0.3) is 0 Å². The van der Waals surface area contributed by atoms with Crippen LogP contribution >= 0.6 is 0 Å². The van der Waals surface area contributed by atoms with Crippen LogP contribution in [0.15, 0.2) is 0 Å². The summed E-state index contributed by atoms with van der Waals surface area (Å²) in [4.78, 5) is 0. The van der Waals surface area contributed by atoms with Crippen LogP contribution < -0.4 is 99.8 Å². The van der Waals surface area contributed by atoms with Gasteiger partial charge in [0, 0.05) is 0 Å². The van der Waals surface area contributed by atoms with Gasteiger partial charge in [-0.05, 0) is 0 Å². The Morgan fingerprint density at radius 2 is 1.25 bits per heavy atom. The van der Waals surface area contributed by atoms with Crippen molar-refractivity contribution >= 4 is 17.4 Å². The van der Waals surface area contributed by atoms with Crippen LogP contribution in [-0.4, -0.2) is 17.4 Å². The quantitative estimate of drug-likeness (QED) is 0.266. The monoisotopic (exact) mass is 102 g/mol. The molecule has 0 aromatic heterocycles. The predicted octanol–water partition coefficient (Wildman–Crippen LogP) is -9.83. The second kappa shape index (κ2) is 15.9. The van der Waals surface area contributed by atoms with E-state index < -0.39 is 0 Å². The summed E-state index contributed by atoms with van der Waals surface area (Å²) in [5.41, 5.74) is 0. The molecular formula is H6AlKLiNa. The van der Waals surface area contributed by atoms with E-state index in [-0.39, 0.29) is 121 Å². The molecule has 0 saturated carbocycles. The van der Waals surface area contributed by atoms with Crippen molar-refractivity contribution in [3.8, 4) is 0 Å². The van der Waals surface area contributed by atoms with Gasteiger partial charge >= 0.3 is 99.8 Å². The zero-order valence-electron chi connectivity index (χ0n) is 6.00. The maximum atomic E-state index is 0. The maximum Gasteiger partial charge on any atom is 1.00 e. The third-order valence-corrected chi connectivity index (χ3v) is 0. The summed E-state index contributed by atoms with van der Waals surface area (Å²) in [5, 5.41) is 0. The summed E-state index contributed by atoms with van der Waals surface area (Å²) in [7, 11) is 0. The van der Waals surface area contributed by atoms with Gasteiger partial charge in [0.15, 0.2) is 17.4 Å². The minimum absolute atomic E-state index is 0. The van der Waals surface area contributed by atoms with Crippen LogP contribution in [0.3, 0.4) is 0 Å². The predicted molar refractivity (Wildman–Crippen MR) is 13.3 cm³/mol. The van der Waals surface area contributed by atoms with Gasteiger partial charge in [-0.1, -0.05) is 0 Å². The Morgan fingerprint density at radius 1 is 1.25 bits per heavy atom. The van der Waals surface area contributed by atoms with E-state index in [1.807, 2.05) is 0 Å². The molecule has 0 unspecified atom stereocenters. The first kappa shape index (κ1) is 25.1. The van der Waals surface area contributed by atoms with Gasteiger partial charge < -0.3 is 4.28 Å². The SMILES string of the molecule is [AlH3].[H-].[H-].[H-].[K+].[Li+].[Na+]. The summed E-state index contributed by atoms with van der Waals surface area (Å²) in [6.07, 6.45) is 0. The van der Waals surface area contributed by atoms with E-state index in [2.05, 4.69) is 0 Å². The third-order valence-electron chi connectivity index (χ3n) is 0. The summed E-state index contributed by atoms with van der Waals surface area (Å²) >= 11 is 0. The van der Waals surface area contributed by atoms with Crippen LogP contribution in [0.25, 0.3) is 0 Å². The summed E-state index contributed by atoms with van der Waals surface area (Å²) < 4.78 is 0. The molecule has 0 spiro atoms. The molecule has 0 aliphatic rings. The van der Waals surface area contributed by atoms with E-state index in [1.54, 1.807) is 0 Å².